The molecule has 3 rings (SSSR count). The summed E-state index contributed by atoms with van der Waals surface area (Å²) in [7, 11) is 0. The summed E-state index contributed by atoms with van der Waals surface area (Å²) in [6.45, 7) is 0.496. The fourth-order valence-electron chi connectivity index (χ4n) is 2.20. The molecule has 2 heterocycles. The number of anilines is 1. The molecule has 0 bridgehead atoms. The standard InChI is InChI=1S/C12H10FN3O/c13-9-4-2-1-3-7(9)8-5-14-11-10(8)12(17)16-6-15-11/h1-4,6,8H,5H2,(H2,14,15,16,17)/t8-/m1/s1. The molecule has 17 heavy (non-hydrogen) atoms. The summed E-state index contributed by atoms with van der Waals surface area (Å²) in [6, 6.07) is 6.50. The van der Waals surface area contributed by atoms with Crippen LogP contribution in [0.15, 0.2) is 35.4 Å². The van der Waals surface area contributed by atoms with Crippen molar-refractivity contribution in [2.45, 2.75) is 5.92 Å². The lowest BCUT2D eigenvalue weighted by Gasteiger charge is -2.09. The second-order valence-electron chi connectivity index (χ2n) is 3.95. The lowest BCUT2D eigenvalue weighted by Crippen LogP contribution is -2.16. The molecular weight excluding hydrogens is 221 g/mol. The number of halogens is 1. The molecule has 1 aliphatic rings. The number of aromatic amines is 1. The normalized spacial score (nSPS) is 17.6. The fraction of sp³-hybridized carbons (Fsp3) is 0.167. The van der Waals surface area contributed by atoms with Crippen LogP contribution in [0, 0.1) is 5.82 Å². The minimum absolute atomic E-state index is 0.215. The SMILES string of the molecule is O=c1[nH]cnc2c1[C@@H](c1ccccc1F)CN2. The molecule has 0 radical (unpaired) electrons. The van der Waals surface area contributed by atoms with Crippen molar-refractivity contribution in [2.75, 3.05) is 11.9 Å². The quantitative estimate of drug-likeness (QED) is 0.781. The lowest BCUT2D eigenvalue weighted by atomic mass is 9.94. The summed E-state index contributed by atoms with van der Waals surface area (Å²) in [6.07, 6.45) is 1.35. The fourth-order valence-corrected chi connectivity index (χ4v) is 2.20. The highest BCUT2D eigenvalue weighted by Crippen LogP contribution is 2.32. The molecular formula is C12H10FN3O. The molecule has 1 atom stereocenters. The molecule has 0 saturated carbocycles. The van der Waals surface area contributed by atoms with Gasteiger partial charge in [0.15, 0.2) is 0 Å². The number of rotatable bonds is 1. The Kier molecular flexibility index (Phi) is 2.18. The number of fused-ring (bicyclic) bond motifs is 1. The molecule has 1 aromatic heterocycles. The molecule has 1 aliphatic heterocycles. The molecule has 2 N–H and O–H groups in total. The summed E-state index contributed by atoms with van der Waals surface area (Å²) in [5, 5.41) is 3.02. The van der Waals surface area contributed by atoms with Crippen molar-refractivity contribution >= 4 is 5.82 Å². The molecule has 0 amide bonds. The Morgan fingerprint density at radius 2 is 2.18 bits per heavy atom. The number of nitrogens with one attached hydrogen (secondary N) is 2. The monoisotopic (exact) mass is 231 g/mol. The number of aromatic nitrogens is 2. The van der Waals surface area contributed by atoms with Crippen molar-refractivity contribution in [1.29, 1.82) is 0 Å². The highest BCUT2D eigenvalue weighted by atomic mass is 19.1. The van der Waals surface area contributed by atoms with Gasteiger partial charge in [0.2, 0.25) is 0 Å². The Bertz CT molecular complexity index is 623. The van der Waals surface area contributed by atoms with E-state index in [1.165, 1.54) is 12.4 Å². The molecule has 86 valence electrons. The van der Waals surface area contributed by atoms with E-state index in [4.69, 9.17) is 0 Å². The minimum Gasteiger partial charge on any atom is -0.369 e. The minimum atomic E-state index is -0.296. The number of nitrogens with zero attached hydrogens (tertiary/aromatic N) is 1. The van der Waals surface area contributed by atoms with E-state index in [-0.39, 0.29) is 17.3 Å². The van der Waals surface area contributed by atoms with Gasteiger partial charge in [0.25, 0.3) is 5.56 Å². The van der Waals surface area contributed by atoms with Crippen LogP contribution in [-0.2, 0) is 0 Å². The van der Waals surface area contributed by atoms with E-state index < -0.39 is 0 Å². The number of H-pyrrole nitrogens is 1. The predicted octanol–water partition coefficient (Wildman–Crippen LogP) is 1.47. The molecule has 5 heteroatoms. The molecule has 0 aliphatic carbocycles. The highest BCUT2D eigenvalue weighted by Gasteiger charge is 2.29. The van der Waals surface area contributed by atoms with E-state index in [1.807, 2.05) is 0 Å². The van der Waals surface area contributed by atoms with Crippen LogP contribution in [0.3, 0.4) is 0 Å². The van der Waals surface area contributed by atoms with Crippen LogP contribution in [0.25, 0.3) is 0 Å². The summed E-state index contributed by atoms with van der Waals surface area (Å²) in [5.41, 5.74) is 0.822. The summed E-state index contributed by atoms with van der Waals surface area (Å²) in [4.78, 5) is 18.3. The molecule has 0 spiro atoms. The molecule has 0 fully saturated rings. The molecule has 4 nitrogen and oxygen atoms in total. The van der Waals surface area contributed by atoms with E-state index >= 15 is 0 Å². The summed E-state index contributed by atoms with van der Waals surface area (Å²) in [5.74, 6) is -0.0268. The van der Waals surface area contributed by atoms with Gasteiger partial charge in [-0.05, 0) is 11.6 Å². The second-order valence-corrected chi connectivity index (χ2v) is 3.95. The Morgan fingerprint density at radius 1 is 1.35 bits per heavy atom. The van der Waals surface area contributed by atoms with E-state index in [9.17, 15) is 9.18 Å². The van der Waals surface area contributed by atoms with E-state index in [0.717, 1.165) is 0 Å². The first-order valence-electron chi connectivity index (χ1n) is 5.33. The van der Waals surface area contributed by atoms with Crippen LogP contribution in [-0.4, -0.2) is 16.5 Å². The maximum absolute atomic E-state index is 13.7. The third-order valence-corrected chi connectivity index (χ3v) is 2.99. The van der Waals surface area contributed by atoms with Gasteiger partial charge in [0.05, 0.1) is 11.9 Å². The topological polar surface area (TPSA) is 57.8 Å². The van der Waals surface area contributed by atoms with Crippen molar-refractivity contribution in [3.05, 3.63) is 57.9 Å². The van der Waals surface area contributed by atoms with Gasteiger partial charge >= 0.3 is 0 Å². The van der Waals surface area contributed by atoms with Crippen molar-refractivity contribution in [3.63, 3.8) is 0 Å². The zero-order valence-corrected chi connectivity index (χ0v) is 8.90. The molecule has 1 aromatic carbocycles. The van der Waals surface area contributed by atoms with E-state index in [0.29, 0.717) is 23.5 Å². The Balaban J connectivity index is 2.17. The summed E-state index contributed by atoms with van der Waals surface area (Å²) >= 11 is 0. The van der Waals surface area contributed by atoms with Gasteiger partial charge in [-0.3, -0.25) is 4.79 Å². The third kappa shape index (κ3) is 1.51. The molecule has 2 aromatic rings. The smallest absolute Gasteiger partial charge is 0.256 e. The average molecular weight is 231 g/mol. The van der Waals surface area contributed by atoms with Gasteiger partial charge in [-0.15, -0.1) is 0 Å². The first-order valence-corrected chi connectivity index (χ1v) is 5.33. The summed E-state index contributed by atoms with van der Waals surface area (Å²) < 4.78 is 13.7. The van der Waals surface area contributed by atoms with Crippen molar-refractivity contribution in [2.24, 2.45) is 0 Å². The van der Waals surface area contributed by atoms with Crippen LogP contribution < -0.4 is 10.9 Å². The maximum Gasteiger partial charge on any atom is 0.256 e. The van der Waals surface area contributed by atoms with Crippen LogP contribution in [0.2, 0.25) is 0 Å². The van der Waals surface area contributed by atoms with Gasteiger partial charge in [0.1, 0.15) is 11.6 Å². The Labute approximate surface area is 96.5 Å². The first kappa shape index (κ1) is 10.0. The number of hydrogen-bond acceptors (Lipinski definition) is 3. The Hall–Kier alpha value is -2.17. The van der Waals surface area contributed by atoms with Gasteiger partial charge in [-0.2, -0.15) is 0 Å². The number of benzene rings is 1. The predicted molar refractivity (Wildman–Crippen MR) is 61.6 cm³/mol. The highest BCUT2D eigenvalue weighted by molar-refractivity contribution is 5.54. The van der Waals surface area contributed by atoms with Crippen molar-refractivity contribution in [3.8, 4) is 0 Å². The molecule has 0 saturated heterocycles. The number of hydrogen-bond donors (Lipinski definition) is 2. The van der Waals surface area contributed by atoms with Crippen LogP contribution >= 0.6 is 0 Å². The van der Waals surface area contributed by atoms with E-state index in [1.54, 1.807) is 18.2 Å². The molecule has 0 unspecified atom stereocenters. The van der Waals surface area contributed by atoms with E-state index in [2.05, 4.69) is 15.3 Å². The van der Waals surface area contributed by atoms with Crippen molar-refractivity contribution in [1.82, 2.24) is 9.97 Å². The average Bonchev–Trinajstić information content (AvgIpc) is 2.75. The van der Waals surface area contributed by atoms with Gasteiger partial charge in [-0.25, -0.2) is 9.37 Å². The zero-order chi connectivity index (χ0) is 11.8. The van der Waals surface area contributed by atoms with Crippen LogP contribution in [0.5, 0.6) is 0 Å². The van der Waals surface area contributed by atoms with Crippen LogP contribution in [0.1, 0.15) is 17.0 Å². The largest absolute Gasteiger partial charge is 0.369 e. The van der Waals surface area contributed by atoms with Gasteiger partial charge in [-0.1, -0.05) is 18.2 Å². The Morgan fingerprint density at radius 3 is 3.00 bits per heavy atom. The van der Waals surface area contributed by atoms with Crippen LogP contribution in [0.4, 0.5) is 10.2 Å². The van der Waals surface area contributed by atoms with Crippen molar-refractivity contribution < 1.29 is 4.39 Å². The van der Waals surface area contributed by atoms with Gasteiger partial charge < -0.3 is 10.3 Å². The van der Waals surface area contributed by atoms with Gasteiger partial charge in [0, 0.05) is 12.5 Å². The second kappa shape index (κ2) is 3.69. The lowest BCUT2D eigenvalue weighted by molar-refractivity contribution is 0.602. The maximum atomic E-state index is 13.7. The third-order valence-electron chi connectivity index (χ3n) is 2.99. The zero-order valence-electron chi connectivity index (χ0n) is 8.90. The first-order chi connectivity index (χ1) is 8.27.